The molecule has 0 saturated carbocycles. The maximum Gasteiger partial charge on any atom is 0.224 e. The molecule has 0 spiro atoms. The first kappa shape index (κ1) is 18.1. The third-order valence-corrected chi connectivity index (χ3v) is 3.71. The van der Waals surface area contributed by atoms with Crippen LogP contribution >= 0.6 is 0 Å². The molecule has 128 valence electrons. The van der Waals surface area contributed by atoms with Crippen LogP contribution in [0, 0.1) is 11.7 Å². The van der Waals surface area contributed by atoms with Crippen molar-refractivity contribution in [3.8, 4) is 0 Å². The van der Waals surface area contributed by atoms with Crippen LogP contribution in [0.1, 0.15) is 30.0 Å². The van der Waals surface area contributed by atoms with E-state index in [0.29, 0.717) is 29.7 Å². The number of aliphatic hydroxyl groups is 2. The van der Waals surface area contributed by atoms with Crippen LogP contribution in [-0.4, -0.2) is 16.1 Å². The Morgan fingerprint density at radius 3 is 2.33 bits per heavy atom. The fourth-order valence-electron chi connectivity index (χ4n) is 2.68. The average molecular weight is 331 g/mol. The summed E-state index contributed by atoms with van der Waals surface area (Å²) in [5, 5.41) is 21.2. The van der Waals surface area contributed by atoms with Crippen LogP contribution in [0.25, 0.3) is 0 Å². The molecule has 0 aliphatic heterocycles. The summed E-state index contributed by atoms with van der Waals surface area (Å²) in [5.41, 5.74) is 2.67. The summed E-state index contributed by atoms with van der Waals surface area (Å²) in [7, 11) is 0. The van der Waals surface area contributed by atoms with Gasteiger partial charge in [0.1, 0.15) is 5.82 Å². The Morgan fingerprint density at radius 2 is 1.75 bits per heavy atom. The molecule has 5 heteroatoms. The van der Waals surface area contributed by atoms with Crippen molar-refractivity contribution in [1.29, 1.82) is 0 Å². The first-order valence-electron chi connectivity index (χ1n) is 7.89. The monoisotopic (exact) mass is 331 g/mol. The van der Waals surface area contributed by atoms with Gasteiger partial charge in [-0.05, 0) is 53.3 Å². The quantitative estimate of drug-likeness (QED) is 0.730. The molecule has 2 rings (SSSR count). The minimum Gasteiger partial charge on any atom is -0.392 e. The van der Waals surface area contributed by atoms with Crippen molar-refractivity contribution >= 4 is 11.6 Å². The Kier molecular flexibility index (Phi) is 6.46. The lowest BCUT2D eigenvalue weighted by molar-refractivity contribution is -0.116. The van der Waals surface area contributed by atoms with Crippen molar-refractivity contribution in [3.63, 3.8) is 0 Å². The van der Waals surface area contributed by atoms with Crippen LogP contribution < -0.4 is 5.32 Å². The number of benzene rings is 2. The number of nitrogens with one attached hydrogen (secondary N) is 1. The zero-order chi connectivity index (χ0) is 17.5. The van der Waals surface area contributed by atoms with Crippen molar-refractivity contribution in [2.24, 2.45) is 5.92 Å². The zero-order valence-corrected chi connectivity index (χ0v) is 13.6. The molecule has 1 atom stereocenters. The van der Waals surface area contributed by atoms with Gasteiger partial charge in [0.15, 0.2) is 0 Å². The number of halogens is 1. The molecule has 2 aromatic carbocycles. The van der Waals surface area contributed by atoms with Gasteiger partial charge in [-0.3, -0.25) is 4.79 Å². The number of carbonyl (C=O) groups is 1. The molecule has 4 nitrogen and oxygen atoms in total. The maximum absolute atomic E-state index is 13.2. The highest BCUT2D eigenvalue weighted by Crippen LogP contribution is 2.18. The standard InChI is InChI=1S/C19H22FNO3/c1-13(5-14-3-2-4-17(20)8-14)6-19(24)21-18-9-15(11-22)7-16(10-18)12-23/h2-4,7-10,13,22-23H,5-6,11-12H2,1H3,(H,21,24). The summed E-state index contributed by atoms with van der Waals surface area (Å²) < 4.78 is 13.2. The van der Waals surface area contributed by atoms with Gasteiger partial charge >= 0.3 is 0 Å². The molecule has 2 aromatic rings. The molecule has 24 heavy (non-hydrogen) atoms. The topological polar surface area (TPSA) is 69.6 Å². The van der Waals surface area contributed by atoms with Gasteiger partial charge in [-0.15, -0.1) is 0 Å². The Balaban J connectivity index is 1.95. The Bertz CT molecular complexity index is 681. The Labute approximate surface area is 141 Å². The SMILES string of the molecule is CC(CC(=O)Nc1cc(CO)cc(CO)c1)Cc1cccc(F)c1. The number of hydrogen-bond acceptors (Lipinski definition) is 3. The fourth-order valence-corrected chi connectivity index (χ4v) is 2.68. The van der Waals surface area contributed by atoms with Crippen LogP contribution in [0.3, 0.4) is 0 Å². The molecular weight excluding hydrogens is 309 g/mol. The molecule has 1 unspecified atom stereocenters. The first-order valence-corrected chi connectivity index (χ1v) is 7.89. The number of amides is 1. The second-order valence-corrected chi connectivity index (χ2v) is 6.05. The zero-order valence-electron chi connectivity index (χ0n) is 13.6. The highest BCUT2D eigenvalue weighted by Gasteiger charge is 2.11. The molecule has 0 aromatic heterocycles. The van der Waals surface area contributed by atoms with E-state index in [1.54, 1.807) is 24.3 Å². The van der Waals surface area contributed by atoms with Crippen LogP contribution in [0.4, 0.5) is 10.1 Å². The number of rotatable bonds is 7. The molecule has 0 radical (unpaired) electrons. The van der Waals surface area contributed by atoms with Crippen LogP contribution in [0.5, 0.6) is 0 Å². The predicted molar refractivity (Wildman–Crippen MR) is 90.8 cm³/mol. The van der Waals surface area contributed by atoms with E-state index in [4.69, 9.17) is 0 Å². The van der Waals surface area contributed by atoms with Crippen molar-refractivity contribution in [3.05, 3.63) is 65.0 Å². The van der Waals surface area contributed by atoms with Crippen LogP contribution in [-0.2, 0) is 24.4 Å². The summed E-state index contributed by atoms with van der Waals surface area (Å²) in [6, 6.07) is 11.4. The Morgan fingerprint density at radius 1 is 1.08 bits per heavy atom. The molecule has 0 saturated heterocycles. The normalized spacial score (nSPS) is 12.0. The van der Waals surface area contributed by atoms with E-state index in [-0.39, 0.29) is 30.9 Å². The highest BCUT2D eigenvalue weighted by atomic mass is 19.1. The predicted octanol–water partition coefficient (Wildman–Crippen LogP) is 3.02. The molecule has 0 aliphatic carbocycles. The van der Waals surface area contributed by atoms with Crippen molar-refractivity contribution < 1.29 is 19.4 Å². The van der Waals surface area contributed by atoms with E-state index in [1.807, 2.05) is 13.0 Å². The number of aliphatic hydroxyl groups excluding tert-OH is 2. The lowest BCUT2D eigenvalue weighted by Crippen LogP contribution is -2.16. The summed E-state index contributed by atoms with van der Waals surface area (Å²) in [4.78, 5) is 12.2. The average Bonchev–Trinajstić information content (AvgIpc) is 2.54. The number of hydrogen-bond donors (Lipinski definition) is 3. The minimum atomic E-state index is -0.276. The maximum atomic E-state index is 13.2. The third kappa shape index (κ3) is 5.44. The van der Waals surface area contributed by atoms with Gasteiger partial charge in [0.25, 0.3) is 0 Å². The van der Waals surface area contributed by atoms with Gasteiger partial charge in [0, 0.05) is 12.1 Å². The van der Waals surface area contributed by atoms with E-state index >= 15 is 0 Å². The van der Waals surface area contributed by atoms with Gasteiger partial charge < -0.3 is 15.5 Å². The molecule has 0 heterocycles. The van der Waals surface area contributed by atoms with Gasteiger partial charge in [-0.25, -0.2) is 4.39 Å². The molecule has 3 N–H and O–H groups in total. The van der Waals surface area contributed by atoms with E-state index in [0.717, 1.165) is 5.56 Å². The van der Waals surface area contributed by atoms with E-state index < -0.39 is 0 Å². The van der Waals surface area contributed by atoms with E-state index in [2.05, 4.69) is 5.32 Å². The molecule has 0 aliphatic rings. The molecule has 0 fully saturated rings. The Hall–Kier alpha value is -2.24. The smallest absolute Gasteiger partial charge is 0.224 e. The summed E-state index contributed by atoms with van der Waals surface area (Å²) >= 11 is 0. The van der Waals surface area contributed by atoms with Gasteiger partial charge in [-0.2, -0.15) is 0 Å². The van der Waals surface area contributed by atoms with Crippen molar-refractivity contribution in [1.82, 2.24) is 0 Å². The first-order chi connectivity index (χ1) is 11.5. The highest BCUT2D eigenvalue weighted by molar-refractivity contribution is 5.91. The van der Waals surface area contributed by atoms with Gasteiger partial charge in [-0.1, -0.05) is 25.1 Å². The van der Waals surface area contributed by atoms with Crippen LogP contribution in [0.2, 0.25) is 0 Å². The number of anilines is 1. The summed E-state index contributed by atoms with van der Waals surface area (Å²) in [6.07, 6.45) is 0.915. The van der Waals surface area contributed by atoms with Gasteiger partial charge in [0.2, 0.25) is 5.91 Å². The molecule has 0 bridgehead atoms. The van der Waals surface area contributed by atoms with Crippen molar-refractivity contribution in [2.75, 3.05) is 5.32 Å². The van der Waals surface area contributed by atoms with Crippen LogP contribution in [0.15, 0.2) is 42.5 Å². The second-order valence-electron chi connectivity index (χ2n) is 6.05. The number of carbonyl (C=O) groups excluding carboxylic acids is 1. The second kappa shape index (κ2) is 8.57. The molecular formula is C19H22FNO3. The lowest BCUT2D eigenvalue weighted by Gasteiger charge is -2.13. The lowest BCUT2D eigenvalue weighted by atomic mass is 9.97. The minimum absolute atomic E-state index is 0.0603. The fraction of sp³-hybridized carbons (Fsp3) is 0.316. The molecule has 1 amide bonds. The summed E-state index contributed by atoms with van der Waals surface area (Å²) in [6.45, 7) is 1.62. The van der Waals surface area contributed by atoms with E-state index in [1.165, 1.54) is 12.1 Å². The summed E-state index contributed by atoms with van der Waals surface area (Å²) in [5.74, 6) is -0.371. The van der Waals surface area contributed by atoms with Crippen molar-refractivity contribution in [2.45, 2.75) is 33.0 Å². The van der Waals surface area contributed by atoms with Gasteiger partial charge in [0.05, 0.1) is 13.2 Å². The third-order valence-electron chi connectivity index (χ3n) is 3.71. The van der Waals surface area contributed by atoms with E-state index in [9.17, 15) is 19.4 Å². The largest absolute Gasteiger partial charge is 0.392 e.